The van der Waals surface area contributed by atoms with Gasteiger partial charge in [-0.15, -0.1) is 0 Å². The normalized spacial score (nSPS) is 11.5. The topological polar surface area (TPSA) is 94.8 Å². The van der Waals surface area contributed by atoms with Gasteiger partial charge in [0.05, 0.1) is 22.6 Å². The van der Waals surface area contributed by atoms with Crippen molar-refractivity contribution in [3.05, 3.63) is 128 Å². The van der Waals surface area contributed by atoms with Crippen LogP contribution in [0.2, 0.25) is 0 Å². The Bertz CT molecular complexity index is 1690. The first-order valence-corrected chi connectivity index (χ1v) is 16.4. The van der Waals surface area contributed by atoms with E-state index in [1.54, 1.807) is 18.2 Å². The highest BCUT2D eigenvalue weighted by atomic mass is 31.2. The van der Waals surface area contributed by atoms with E-state index in [1.165, 1.54) is 32.6 Å². The quantitative estimate of drug-likeness (QED) is 0.148. The molecule has 3 N–H and O–H groups in total. The molecule has 0 bridgehead atoms. The molecule has 1 aromatic heterocycles. The zero-order chi connectivity index (χ0) is 29.7. The number of nitrogens with one attached hydrogen (secondary N) is 3. The molecular formula is C35H37N3O3P+. The lowest BCUT2D eigenvalue weighted by atomic mass is 10.1. The van der Waals surface area contributed by atoms with E-state index in [2.05, 4.69) is 109 Å². The predicted molar refractivity (Wildman–Crippen MR) is 177 cm³/mol. The van der Waals surface area contributed by atoms with Crippen molar-refractivity contribution in [2.45, 2.75) is 46.5 Å². The van der Waals surface area contributed by atoms with Crippen molar-refractivity contribution in [3.63, 3.8) is 0 Å². The molecule has 0 saturated carbocycles. The van der Waals surface area contributed by atoms with Crippen LogP contribution in [0.4, 0.5) is 5.69 Å². The molecule has 6 nitrogen and oxygen atoms in total. The summed E-state index contributed by atoms with van der Waals surface area (Å²) >= 11 is 0. The summed E-state index contributed by atoms with van der Waals surface area (Å²) in [6.45, 7) is 6.37. The van der Waals surface area contributed by atoms with E-state index in [0.717, 1.165) is 25.4 Å². The fourth-order valence-electron chi connectivity index (χ4n) is 5.59. The second-order valence-electron chi connectivity index (χ2n) is 11.0. The molecule has 5 rings (SSSR count). The number of fused-ring (bicyclic) bond motifs is 1. The number of aromatic nitrogens is 2. The van der Waals surface area contributed by atoms with Crippen LogP contribution in [0, 0.1) is 20.8 Å². The molecule has 0 unspecified atom stereocenters. The maximum absolute atomic E-state index is 12.9. The lowest BCUT2D eigenvalue weighted by Crippen LogP contribution is -2.33. The Hall–Kier alpha value is -4.28. The number of benzene rings is 4. The molecule has 0 saturated heterocycles. The SMILES string of the molecule is Cc1ccc([P+](CCCCCC(=O)Nc2cccc3c(=O)[nH][nH]c(=O)c23)(c2ccc(C)cc2)c2ccc(C)cc2)cc1. The van der Waals surface area contributed by atoms with Gasteiger partial charge >= 0.3 is 0 Å². The molecule has 42 heavy (non-hydrogen) atoms. The second kappa shape index (κ2) is 12.7. The Morgan fingerprint density at radius 3 is 1.67 bits per heavy atom. The summed E-state index contributed by atoms with van der Waals surface area (Å²) in [5.74, 6) is -0.168. The molecule has 5 aromatic rings. The number of unbranched alkanes of at least 4 members (excludes halogenated alkanes) is 2. The summed E-state index contributed by atoms with van der Waals surface area (Å²) in [4.78, 5) is 37.3. The van der Waals surface area contributed by atoms with Crippen LogP contribution in [0.1, 0.15) is 42.4 Å². The lowest BCUT2D eigenvalue weighted by Gasteiger charge is -2.28. The monoisotopic (exact) mass is 578 g/mol. The van der Waals surface area contributed by atoms with E-state index in [-0.39, 0.29) is 16.7 Å². The van der Waals surface area contributed by atoms with Gasteiger partial charge in [-0.05, 0) is 88.6 Å². The molecule has 1 heterocycles. The molecule has 0 aliphatic carbocycles. The van der Waals surface area contributed by atoms with Gasteiger partial charge in [-0.1, -0.05) is 59.2 Å². The number of aryl methyl sites for hydroxylation is 3. The minimum Gasteiger partial charge on any atom is -0.325 e. The van der Waals surface area contributed by atoms with E-state index in [1.807, 2.05) is 0 Å². The van der Waals surface area contributed by atoms with E-state index in [4.69, 9.17) is 0 Å². The Morgan fingerprint density at radius 1 is 0.643 bits per heavy atom. The number of hydrogen-bond donors (Lipinski definition) is 3. The zero-order valence-corrected chi connectivity index (χ0v) is 25.3. The lowest BCUT2D eigenvalue weighted by molar-refractivity contribution is -0.116. The first-order valence-electron chi connectivity index (χ1n) is 14.4. The Kier molecular flexibility index (Phi) is 8.84. The molecular weight excluding hydrogens is 541 g/mol. The van der Waals surface area contributed by atoms with Gasteiger partial charge in [-0.25, -0.2) is 0 Å². The minimum absolute atomic E-state index is 0.168. The molecule has 214 valence electrons. The van der Waals surface area contributed by atoms with Crippen LogP contribution in [0.15, 0.2) is 101 Å². The Morgan fingerprint density at radius 2 is 1.14 bits per heavy atom. The van der Waals surface area contributed by atoms with Gasteiger partial charge in [0, 0.05) is 6.42 Å². The molecule has 1 amide bonds. The molecule has 0 radical (unpaired) electrons. The Balaban J connectivity index is 1.34. The van der Waals surface area contributed by atoms with Crippen LogP contribution in [0.5, 0.6) is 0 Å². The van der Waals surface area contributed by atoms with Crippen LogP contribution in [-0.4, -0.2) is 22.3 Å². The number of H-pyrrole nitrogens is 2. The molecule has 0 atom stereocenters. The van der Waals surface area contributed by atoms with Crippen LogP contribution >= 0.6 is 7.26 Å². The maximum Gasteiger partial charge on any atom is 0.272 e. The molecule has 0 fully saturated rings. The van der Waals surface area contributed by atoms with Crippen LogP contribution in [0.25, 0.3) is 10.8 Å². The molecule has 0 spiro atoms. The highest BCUT2D eigenvalue weighted by Gasteiger charge is 2.44. The maximum atomic E-state index is 12.9. The summed E-state index contributed by atoms with van der Waals surface area (Å²) in [6.07, 6.45) is 3.94. The van der Waals surface area contributed by atoms with Gasteiger partial charge in [0.25, 0.3) is 11.1 Å². The average molecular weight is 579 g/mol. The smallest absolute Gasteiger partial charge is 0.272 e. The number of anilines is 1. The van der Waals surface area contributed by atoms with Crippen LogP contribution in [-0.2, 0) is 4.79 Å². The number of rotatable bonds is 10. The van der Waals surface area contributed by atoms with Crippen molar-refractivity contribution in [3.8, 4) is 0 Å². The number of amides is 1. The molecule has 0 aliphatic rings. The standard InChI is InChI=1S/C35H36N3O3P/c1-24-11-17-27(18-12-24)42(28-19-13-25(2)14-20-28,29-21-15-26(3)16-22-29)23-6-4-5-10-32(39)36-31-9-7-8-30-33(31)35(41)38-37-34(30)40/h7-9,11-22H,4-6,10,23H2,1-3H3,(H2-,36,37,38,39,40,41)/p+1. The van der Waals surface area contributed by atoms with Gasteiger partial charge in [0.1, 0.15) is 23.2 Å². The Labute approximate surface area is 246 Å². The molecule has 7 heteroatoms. The van der Waals surface area contributed by atoms with Crippen molar-refractivity contribution >= 4 is 45.5 Å². The second-order valence-corrected chi connectivity index (χ2v) is 14.7. The zero-order valence-electron chi connectivity index (χ0n) is 24.4. The fraction of sp³-hybridized carbons (Fsp3) is 0.229. The number of hydrogen-bond acceptors (Lipinski definition) is 3. The van der Waals surface area contributed by atoms with Gasteiger partial charge in [0.2, 0.25) is 5.91 Å². The molecule has 4 aromatic carbocycles. The summed E-state index contributed by atoms with van der Waals surface area (Å²) in [7, 11) is -1.94. The number of aromatic amines is 2. The number of carbonyl (C=O) groups is 1. The van der Waals surface area contributed by atoms with Gasteiger partial charge in [0.15, 0.2) is 0 Å². The van der Waals surface area contributed by atoms with Crippen molar-refractivity contribution in [1.29, 1.82) is 0 Å². The predicted octanol–water partition coefficient (Wildman–Crippen LogP) is 5.63. The van der Waals surface area contributed by atoms with Crippen molar-refractivity contribution in [2.75, 3.05) is 11.5 Å². The first-order chi connectivity index (χ1) is 20.3. The van der Waals surface area contributed by atoms with Gasteiger partial charge in [-0.2, -0.15) is 0 Å². The average Bonchev–Trinajstić information content (AvgIpc) is 2.99. The first kappa shape index (κ1) is 29.2. The highest BCUT2D eigenvalue weighted by molar-refractivity contribution is 7.95. The van der Waals surface area contributed by atoms with Crippen molar-refractivity contribution in [2.24, 2.45) is 0 Å². The van der Waals surface area contributed by atoms with E-state index < -0.39 is 18.4 Å². The summed E-state index contributed by atoms with van der Waals surface area (Å²) in [6, 6.07) is 31.9. The van der Waals surface area contributed by atoms with E-state index >= 15 is 0 Å². The third-order valence-electron chi connectivity index (χ3n) is 7.92. The van der Waals surface area contributed by atoms with Gasteiger partial charge < -0.3 is 5.32 Å². The highest BCUT2D eigenvalue weighted by Crippen LogP contribution is 2.56. The minimum atomic E-state index is -1.94. The third kappa shape index (κ3) is 6.14. The molecule has 0 aliphatic heterocycles. The summed E-state index contributed by atoms with van der Waals surface area (Å²) < 4.78 is 0. The van der Waals surface area contributed by atoms with E-state index in [9.17, 15) is 14.4 Å². The number of carbonyl (C=O) groups excluding carboxylic acids is 1. The summed E-state index contributed by atoms with van der Waals surface area (Å²) in [5, 5.41) is 12.1. The van der Waals surface area contributed by atoms with Crippen LogP contribution < -0.4 is 32.3 Å². The third-order valence-corrected chi connectivity index (χ3v) is 12.4. The van der Waals surface area contributed by atoms with E-state index in [0.29, 0.717) is 12.1 Å². The van der Waals surface area contributed by atoms with Crippen molar-refractivity contribution in [1.82, 2.24) is 10.2 Å². The van der Waals surface area contributed by atoms with Crippen LogP contribution in [0.3, 0.4) is 0 Å². The fourth-order valence-corrected chi connectivity index (χ4v) is 9.93. The summed E-state index contributed by atoms with van der Waals surface area (Å²) in [5.41, 5.74) is 3.25. The van der Waals surface area contributed by atoms with Crippen molar-refractivity contribution < 1.29 is 4.79 Å². The largest absolute Gasteiger partial charge is 0.325 e. The van der Waals surface area contributed by atoms with Gasteiger partial charge in [-0.3, -0.25) is 24.6 Å².